The molecule has 2 rings (SSSR count). The van der Waals surface area contributed by atoms with Gasteiger partial charge in [0, 0.05) is 23.7 Å². The van der Waals surface area contributed by atoms with Gasteiger partial charge in [-0.1, -0.05) is 11.6 Å². The molecule has 0 N–H and O–H groups in total. The van der Waals surface area contributed by atoms with Gasteiger partial charge in [0.15, 0.2) is 0 Å². The van der Waals surface area contributed by atoms with Gasteiger partial charge in [-0.3, -0.25) is 4.79 Å². The van der Waals surface area contributed by atoms with Crippen molar-refractivity contribution >= 4 is 41.9 Å². The fraction of sp³-hybridized carbons (Fsp3) is 0.417. The van der Waals surface area contributed by atoms with Gasteiger partial charge < -0.3 is 4.90 Å². The molecule has 17 heavy (non-hydrogen) atoms. The number of thiol groups is 1. The Morgan fingerprint density at radius 1 is 1.59 bits per heavy atom. The van der Waals surface area contributed by atoms with Gasteiger partial charge in [-0.2, -0.15) is 11.8 Å². The molecule has 0 radical (unpaired) electrons. The quantitative estimate of drug-likeness (QED) is 0.843. The Bertz CT molecular complexity index is 433. The highest BCUT2D eigenvalue weighted by Crippen LogP contribution is 2.25. The second kappa shape index (κ2) is 5.55. The van der Waals surface area contributed by atoms with Crippen LogP contribution < -0.4 is 0 Å². The van der Waals surface area contributed by atoms with E-state index in [0.29, 0.717) is 16.6 Å². The van der Waals surface area contributed by atoms with Crippen molar-refractivity contribution in [2.24, 2.45) is 0 Å². The van der Waals surface area contributed by atoms with Crippen molar-refractivity contribution in [3.8, 4) is 0 Å². The molecule has 92 valence electrons. The van der Waals surface area contributed by atoms with E-state index in [-0.39, 0.29) is 5.91 Å². The molecule has 0 saturated carbocycles. The van der Waals surface area contributed by atoms with Crippen molar-refractivity contribution < 1.29 is 4.79 Å². The average molecular weight is 288 g/mol. The Morgan fingerprint density at radius 2 is 2.35 bits per heavy atom. The SMILES string of the molecule is CN(C(=O)c1cc(S)ccc1Cl)C1CCSC1. The second-order valence-electron chi connectivity index (χ2n) is 4.10. The molecule has 1 aliphatic rings. The number of nitrogens with zero attached hydrogens (tertiary/aromatic N) is 1. The summed E-state index contributed by atoms with van der Waals surface area (Å²) in [4.78, 5) is 14.9. The lowest BCUT2D eigenvalue weighted by molar-refractivity contribution is 0.0748. The zero-order valence-electron chi connectivity index (χ0n) is 9.52. The van der Waals surface area contributed by atoms with Crippen LogP contribution in [0.3, 0.4) is 0 Å². The van der Waals surface area contributed by atoms with E-state index < -0.39 is 0 Å². The maximum absolute atomic E-state index is 12.3. The van der Waals surface area contributed by atoms with E-state index in [4.69, 9.17) is 11.6 Å². The Kier molecular flexibility index (Phi) is 4.28. The molecule has 1 aliphatic heterocycles. The first kappa shape index (κ1) is 13.1. The van der Waals surface area contributed by atoms with Crippen molar-refractivity contribution in [1.29, 1.82) is 0 Å². The zero-order chi connectivity index (χ0) is 12.4. The van der Waals surface area contributed by atoms with Gasteiger partial charge in [0.2, 0.25) is 0 Å². The van der Waals surface area contributed by atoms with Crippen LogP contribution in [0.15, 0.2) is 23.1 Å². The molecule has 0 bridgehead atoms. The lowest BCUT2D eigenvalue weighted by Gasteiger charge is -2.24. The number of thioether (sulfide) groups is 1. The van der Waals surface area contributed by atoms with Crippen molar-refractivity contribution in [2.45, 2.75) is 17.4 Å². The summed E-state index contributed by atoms with van der Waals surface area (Å²) in [6, 6.07) is 5.56. The number of carbonyl (C=O) groups excluding carboxylic acids is 1. The van der Waals surface area contributed by atoms with Crippen molar-refractivity contribution in [3.63, 3.8) is 0 Å². The van der Waals surface area contributed by atoms with E-state index in [0.717, 1.165) is 22.8 Å². The fourth-order valence-electron chi connectivity index (χ4n) is 1.86. The fourth-order valence-corrected chi connectivity index (χ4v) is 3.53. The zero-order valence-corrected chi connectivity index (χ0v) is 12.0. The van der Waals surface area contributed by atoms with Crippen LogP contribution in [-0.4, -0.2) is 35.4 Å². The van der Waals surface area contributed by atoms with E-state index in [1.54, 1.807) is 23.1 Å². The van der Waals surface area contributed by atoms with Gasteiger partial charge >= 0.3 is 0 Å². The van der Waals surface area contributed by atoms with Crippen molar-refractivity contribution in [1.82, 2.24) is 4.90 Å². The highest BCUT2D eigenvalue weighted by Gasteiger charge is 2.25. The van der Waals surface area contributed by atoms with Crippen LogP contribution >= 0.6 is 36.0 Å². The first-order valence-corrected chi connectivity index (χ1v) is 7.41. The Morgan fingerprint density at radius 3 is 3.00 bits per heavy atom. The minimum absolute atomic E-state index is 0.0154. The summed E-state index contributed by atoms with van der Waals surface area (Å²) in [5.74, 6) is 2.13. The molecule has 1 saturated heterocycles. The molecule has 1 amide bonds. The van der Waals surface area contributed by atoms with Gasteiger partial charge in [0.25, 0.3) is 5.91 Å². The molecular weight excluding hydrogens is 274 g/mol. The summed E-state index contributed by atoms with van der Waals surface area (Å²) in [6.45, 7) is 0. The molecule has 1 heterocycles. The van der Waals surface area contributed by atoms with E-state index >= 15 is 0 Å². The summed E-state index contributed by atoms with van der Waals surface area (Å²) in [5.41, 5.74) is 0.540. The molecule has 5 heteroatoms. The second-order valence-corrected chi connectivity index (χ2v) is 6.17. The van der Waals surface area contributed by atoms with Gasteiger partial charge in [-0.05, 0) is 30.4 Å². The Hall–Kier alpha value is -0.320. The molecule has 1 atom stereocenters. The number of hydrogen-bond donors (Lipinski definition) is 1. The van der Waals surface area contributed by atoms with Gasteiger partial charge in [0.1, 0.15) is 0 Å². The lowest BCUT2D eigenvalue weighted by Crippen LogP contribution is -2.37. The number of rotatable bonds is 2. The summed E-state index contributed by atoms with van der Waals surface area (Å²) in [5, 5.41) is 0.491. The van der Waals surface area contributed by atoms with Crippen LogP contribution in [0.5, 0.6) is 0 Å². The highest BCUT2D eigenvalue weighted by molar-refractivity contribution is 7.99. The van der Waals surface area contributed by atoms with Crippen LogP contribution in [0.25, 0.3) is 0 Å². The molecule has 0 spiro atoms. The van der Waals surface area contributed by atoms with Crippen LogP contribution in [0.2, 0.25) is 5.02 Å². The maximum Gasteiger partial charge on any atom is 0.255 e. The Balaban J connectivity index is 2.20. The molecule has 0 aromatic heterocycles. The molecule has 1 unspecified atom stereocenters. The van der Waals surface area contributed by atoms with E-state index in [1.807, 2.05) is 18.8 Å². The van der Waals surface area contributed by atoms with E-state index in [9.17, 15) is 4.79 Å². The van der Waals surface area contributed by atoms with Crippen LogP contribution in [-0.2, 0) is 0 Å². The Labute approximate surface area is 116 Å². The van der Waals surface area contributed by atoms with Gasteiger partial charge in [-0.15, -0.1) is 12.6 Å². The third kappa shape index (κ3) is 2.92. The smallest absolute Gasteiger partial charge is 0.255 e. The predicted molar refractivity (Wildman–Crippen MR) is 76.5 cm³/mol. The molecule has 1 aromatic carbocycles. The van der Waals surface area contributed by atoms with Crippen LogP contribution in [0.4, 0.5) is 0 Å². The average Bonchev–Trinajstić information content (AvgIpc) is 2.84. The summed E-state index contributed by atoms with van der Waals surface area (Å²) < 4.78 is 0. The molecule has 1 aromatic rings. The number of benzene rings is 1. The highest BCUT2D eigenvalue weighted by atomic mass is 35.5. The molecule has 1 fully saturated rings. The van der Waals surface area contributed by atoms with Gasteiger partial charge in [-0.25, -0.2) is 0 Å². The number of halogens is 1. The number of hydrogen-bond acceptors (Lipinski definition) is 3. The third-order valence-electron chi connectivity index (χ3n) is 2.95. The van der Waals surface area contributed by atoms with Gasteiger partial charge in [0.05, 0.1) is 10.6 Å². The molecule has 2 nitrogen and oxygen atoms in total. The monoisotopic (exact) mass is 287 g/mol. The van der Waals surface area contributed by atoms with Crippen molar-refractivity contribution in [2.75, 3.05) is 18.6 Å². The maximum atomic E-state index is 12.3. The largest absolute Gasteiger partial charge is 0.338 e. The van der Waals surface area contributed by atoms with E-state index in [1.165, 1.54) is 0 Å². The standard InChI is InChI=1S/C12H14ClNOS2/c1-14(8-4-5-17-7-8)12(15)10-6-9(16)2-3-11(10)13/h2-3,6,8,16H,4-5,7H2,1H3. The van der Waals surface area contributed by atoms with Crippen LogP contribution in [0, 0.1) is 0 Å². The summed E-state index contributed by atoms with van der Waals surface area (Å²) >= 11 is 12.2. The normalized spacial score (nSPS) is 19.4. The first-order valence-electron chi connectivity index (χ1n) is 5.43. The van der Waals surface area contributed by atoms with Crippen molar-refractivity contribution in [3.05, 3.63) is 28.8 Å². The number of amides is 1. The van der Waals surface area contributed by atoms with E-state index in [2.05, 4.69) is 12.6 Å². The predicted octanol–water partition coefficient (Wildman–Crippen LogP) is 3.21. The number of carbonyl (C=O) groups is 1. The topological polar surface area (TPSA) is 20.3 Å². The third-order valence-corrected chi connectivity index (χ3v) is 4.71. The van der Waals surface area contributed by atoms with Crippen LogP contribution in [0.1, 0.15) is 16.8 Å². The first-order chi connectivity index (χ1) is 8.09. The summed E-state index contributed by atoms with van der Waals surface area (Å²) in [6.07, 6.45) is 1.06. The molecule has 0 aliphatic carbocycles. The minimum atomic E-state index is -0.0154. The minimum Gasteiger partial charge on any atom is -0.338 e. The lowest BCUT2D eigenvalue weighted by atomic mass is 10.1. The summed E-state index contributed by atoms with van der Waals surface area (Å²) in [7, 11) is 1.85. The molecular formula is C12H14ClNOS2.